The van der Waals surface area contributed by atoms with Gasteiger partial charge in [-0.1, -0.05) is 32.9 Å². The van der Waals surface area contributed by atoms with Gasteiger partial charge in [0, 0.05) is 19.0 Å². The van der Waals surface area contributed by atoms with E-state index < -0.39 is 10.0 Å². The number of fused-ring (bicyclic) bond motifs is 1. The molecule has 1 aromatic rings. The summed E-state index contributed by atoms with van der Waals surface area (Å²) < 4.78 is 38.8. The summed E-state index contributed by atoms with van der Waals surface area (Å²) in [7, 11) is -3.63. The second kappa shape index (κ2) is 9.12. The maximum absolute atomic E-state index is 12.4. The molecule has 1 saturated carbocycles. The average Bonchev–Trinajstić information content (AvgIpc) is 2.67. The normalized spacial score (nSPS) is 25.3. The van der Waals surface area contributed by atoms with Gasteiger partial charge in [0.1, 0.15) is 0 Å². The number of rotatable bonds is 6. The maximum atomic E-state index is 12.4. The molecule has 7 nitrogen and oxygen atoms in total. The van der Waals surface area contributed by atoms with E-state index in [0.29, 0.717) is 13.2 Å². The molecule has 3 atom stereocenters. The van der Waals surface area contributed by atoms with Crippen molar-refractivity contribution in [3.63, 3.8) is 0 Å². The van der Waals surface area contributed by atoms with Gasteiger partial charge in [-0.2, -0.15) is 0 Å². The van der Waals surface area contributed by atoms with Crippen molar-refractivity contribution >= 4 is 15.9 Å². The van der Waals surface area contributed by atoms with E-state index in [4.69, 9.17) is 9.47 Å². The molecule has 1 amide bonds. The van der Waals surface area contributed by atoms with Crippen LogP contribution in [0.2, 0.25) is 0 Å². The van der Waals surface area contributed by atoms with Crippen molar-refractivity contribution in [2.75, 3.05) is 19.8 Å². The van der Waals surface area contributed by atoms with Crippen molar-refractivity contribution in [2.24, 2.45) is 0 Å². The molecule has 3 rings (SSSR count). The fourth-order valence-corrected chi connectivity index (χ4v) is 4.85. The van der Waals surface area contributed by atoms with Gasteiger partial charge in [-0.15, -0.1) is 0 Å². The Balaban J connectivity index is 1.44. The van der Waals surface area contributed by atoms with Gasteiger partial charge in [-0.05, 0) is 42.4 Å². The molecule has 162 valence electrons. The summed E-state index contributed by atoms with van der Waals surface area (Å²) in [5.74, 6) is -0.157. The zero-order valence-electron chi connectivity index (χ0n) is 17.4. The van der Waals surface area contributed by atoms with Crippen LogP contribution in [0.5, 0.6) is 0 Å². The minimum absolute atomic E-state index is 0.0392. The number of sulfonamides is 1. The number of benzene rings is 1. The largest absolute Gasteiger partial charge is 0.373 e. The minimum atomic E-state index is -3.63. The Bertz CT molecular complexity index is 801. The highest BCUT2D eigenvalue weighted by atomic mass is 32.2. The second-order valence-electron chi connectivity index (χ2n) is 8.82. The van der Waals surface area contributed by atoms with Crippen molar-refractivity contribution in [1.82, 2.24) is 10.0 Å². The molecule has 2 aliphatic rings. The highest BCUT2D eigenvalue weighted by Crippen LogP contribution is 2.27. The molecule has 0 spiro atoms. The molecule has 0 unspecified atom stereocenters. The molecule has 1 aliphatic heterocycles. The first-order valence-electron chi connectivity index (χ1n) is 10.3. The van der Waals surface area contributed by atoms with E-state index in [-0.39, 0.29) is 47.4 Å². The Morgan fingerprint density at radius 1 is 1.07 bits per heavy atom. The van der Waals surface area contributed by atoms with E-state index in [1.54, 1.807) is 12.1 Å². The Morgan fingerprint density at radius 2 is 1.72 bits per heavy atom. The lowest BCUT2D eigenvalue weighted by atomic mass is 9.87. The van der Waals surface area contributed by atoms with E-state index in [9.17, 15) is 13.2 Å². The predicted octanol–water partition coefficient (Wildman–Crippen LogP) is 2.11. The predicted molar refractivity (Wildman–Crippen MR) is 110 cm³/mol. The van der Waals surface area contributed by atoms with E-state index >= 15 is 0 Å². The van der Waals surface area contributed by atoms with Crippen molar-refractivity contribution in [1.29, 1.82) is 0 Å². The number of ether oxygens (including phenoxy) is 2. The third-order valence-corrected chi connectivity index (χ3v) is 7.00. The van der Waals surface area contributed by atoms with E-state index in [2.05, 4.69) is 30.8 Å². The minimum Gasteiger partial charge on any atom is -0.373 e. The number of carbonyl (C=O) groups excluding carboxylic acids is 1. The van der Waals surface area contributed by atoms with Crippen molar-refractivity contribution in [3.05, 3.63) is 29.8 Å². The standard InChI is InChI=1S/C21H32N2O5S/c1-21(2,3)15-4-7-17(8-5-15)29(25,26)22-11-10-20(24)23-16-6-9-18-19(14-16)28-13-12-27-18/h4-5,7-8,16,18-19,22H,6,9-14H2,1-3H3,(H,23,24)/t16-,18+,19+/m1/s1. The quantitative estimate of drug-likeness (QED) is 0.729. The summed E-state index contributed by atoms with van der Waals surface area (Å²) in [5.41, 5.74) is 1.03. The molecular weight excluding hydrogens is 392 g/mol. The van der Waals surface area contributed by atoms with Gasteiger partial charge < -0.3 is 14.8 Å². The molecule has 0 aromatic heterocycles. The van der Waals surface area contributed by atoms with E-state index in [1.807, 2.05) is 12.1 Å². The summed E-state index contributed by atoms with van der Waals surface area (Å²) in [6.45, 7) is 7.53. The Hall–Kier alpha value is -1.48. The molecule has 0 radical (unpaired) electrons. The summed E-state index contributed by atoms with van der Waals surface area (Å²) >= 11 is 0. The van der Waals surface area contributed by atoms with E-state index in [1.165, 1.54) is 0 Å². The monoisotopic (exact) mass is 424 g/mol. The number of carbonyl (C=O) groups is 1. The SMILES string of the molecule is CC(C)(C)c1ccc(S(=O)(=O)NCCC(=O)N[C@@H]2CC[C@@H]3OCCO[C@H]3C2)cc1. The Morgan fingerprint density at radius 3 is 2.38 bits per heavy atom. The number of hydrogen-bond acceptors (Lipinski definition) is 5. The van der Waals surface area contributed by atoms with Gasteiger partial charge in [-0.3, -0.25) is 4.79 Å². The molecule has 1 heterocycles. The van der Waals surface area contributed by atoms with Gasteiger partial charge in [0.25, 0.3) is 0 Å². The lowest BCUT2D eigenvalue weighted by Crippen LogP contribution is -2.49. The molecule has 1 aromatic carbocycles. The summed E-state index contributed by atoms with van der Waals surface area (Å²) in [4.78, 5) is 12.4. The summed E-state index contributed by atoms with van der Waals surface area (Å²) in [6, 6.07) is 6.91. The zero-order valence-corrected chi connectivity index (χ0v) is 18.3. The summed E-state index contributed by atoms with van der Waals surface area (Å²) in [6.07, 6.45) is 2.73. The van der Waals surface area contributed by atoms with Crippen molar-refractivity contribution in [2.45, 2.75) is 75.0 Å². The van der Waals surface area contributed by atoms with Crippen LogP contribution in [0.4, 0.5) is 0 Å². The zero-order chi connectivity index (χ0) is 21.1. The van der Waals surface area contributed by atoms with Gasteiger partial charge >= 0.3 is 0 Å². The molecule has 1 aliphatic carbocycles. The van der Waals surface area contributed by atoms with Crippen LogP contribution in [-0.2, 0) is 29.7 Å². The second-order valence-corrected chi connectivity index (χ2v) is 10.6. The van der Waals surface area contributed by atoms with Crippen LogP contribution in [0.1, 0.15) is 52.0 Å². The third kappa shape index (κ3) is 6.01. The van der Waals surface area contributed by atoms with Crippen LogP contribution in [0.15, 0.2) is 29.2 Å². The molecule has 8 heteroatoms. The summed E-state index contributed by atoms with van der Waals surface area (Å²) in [5, 5.41) is 2.99. The van der Waals surface area contributed by atoms with Gasteiger partial charge in [0.05, 0.1) is 30.3 Å². The first-order valence-corrected chi connectivity index (χ1v) is 11.8. The first kappa shape index (κ1) is 22.2. The van der Waals surface area contributed by atoms with Crippen LogP contribution >= 0.6 is 0 Å². The molecule has 1 saturated heterocycles. The lowest BCUT2D eigenvalue weighted by molar-refractivity contribution is -0.158. The topological polar surface area (TPSA) is 93.7 Å². The smallest absolute Gasteiger partial charge is 0.240 e. The van der Waals surface area contributed by atoms with Crippen molar-refractivity contribution < 1.29 is 22.7 Å². The Kier molecular flexibility index (Phi) is 6.98. The van der Waals surface area contributed by atoms with Gasteiger partial charge in [0.2, 0.25) is 15.9 Å². The number of nitrogens with one attached hydrogen (secondary N) is 2. The van der Waals surface area contributed by atoms with Crippen LogP contribution in [0.3, 0.4) is 0 Å². The van der Waals surface area contributed by atoms with Crippen LogP contribution in [0, 0.1) is 0 Å². The molecule has 2 fully saturated rings. The van der Waals surface area contributed by atoms with Crippen LogP contribution in [0.25, 0.3) is 0 Å². The fourth-order valence-electron chi connectivity index (χ4n) is 3.81. The fraction of sp³-hybridized carbons (Fsp3) is 0.667. The molecule has 2 N–H and O–H groups in total. The lowest BCUT2D eigenvalue weighted by Gasteiger charge is -2.39. The molecular formula is C21H32N2O5S. The van der Waals surface area contributed by atoms with Crippen LogP contribution < -0.4 is 10.0 Å². The maximum Gasteiger partial charge on any atom is 0.240 e. The average molecular weight is 425 g/mol. The highest BCUT2D eigenvalue weighted by Gasteiger charge is 2.34. The van der Waals surface area contributed by atoms with Crippen molar-refractivity contribution in [3.8, 4) is 0 Å². The molecule has 0 bridgehead atoms. The first-order chi connectivity index (χ1) is 13.6. The Labute approximate surface area is 173 Å². The van der Waals surface area contributed by atoms with Gasteiger partial charge in [-0.25, -0.2) is 13.1 Å². The van der Waals surface area contributed by atoms with Gasteiger partial charge in [0.15, 0.2) is 0 Å². The molecule has 29 heavy (non-hydrogen) atoms. The van der Waals surface area contributed by atoms with E-state index in [0.717, 1.165) is 24.8 Å². The third-order valence-electron chi connectivity index (χ3n) is 5.52. The number of amides is 1. The highest BCUT2D eigenvalue weighted by molar-refractivity contribution is 7.89. The van der Waals surface area contributed by atoms with Crippen LogP contribution in [-0.4, -0.2) is 52.3 Å². The number of hydrogen-bond donors (Lipinski definition) is 2.